The molecule has 4 aromatic rings. The molecule has 0 atom stereocenters. The van der Waals surface area contributed by atoms with Crippen molar-refractivity contribution in [3.8, 4) is 40.3 Å². The highest BCUT2D eigenvalue weighted by Gasteiger charge is 2.14. The summed E-state index contributed by atoms with van der Waals surface area (Å²) in [5.41, 5.74) is 2.24. The summed E-state index contributed by atoms with van der Waals surface area (Å²) in [6.45, 7) is 0.604. The Labute approximate surface area is 224 Å². The van der Waals surface area contributed by atoms with Gasteiger partial charge >= 0.3 is 0 Å². The highest BCUT2D eigenvalue weighted by atomic mass is 32.1. The number of anilines is 1. The van der Waals surface area contributed by atoms with Crippen LogP contribution in [-0.2, 0) is 4.79 Å². The molecule has 0 fully saturated rings. The van der Waals surface area contributed by atoms with Gasteiger partial charge in [0.05, 0.1) is 19.9 Å². The number of nitrogens with zero attached hydrogens (tertiary/aromatic N) is 2. The molecular weight excluding hydrogens is 502 g/mol. The van der Waals surface area contributed by atoms with Gasteiger partial charge in [0.15, 0.2) is 16.6 Å². The molecule has 1 aromatic heterocycles. The molecule has 0 saturated carbocycles. The molecule has 0 bridgehead atoms. The third-order valence-electron chi connectivity index (χ3n) is 5.31. The number of hydrogen-bond donors (Lipinski definition) is 1. The highest BCUT2D eigenvalue weighted by Crippen LogP contribution is 2.30. The van der Waals surface area contributed by atoms with Crippen molar-refractivity contribution in [2.75, 3.05) is 32.8 Å². The average molecular weight is 528 g/mol. The van der Waals surface area contributed by atoms with Crippen LogP contribution in [-0.4, -0.2) is 38.3 Å². The van der Waals surface area contributed by atoms with E-state index in [1.54, 1.807) is 31.4 Å². The number of ether oxygens (including phenoxy) is 4. The summed E-state index contributed by atoms with van der Waals surface area (Å²) in [5.74, 6) is 1.82. The van der Waals surface area contributed by atoms with E-state index < -0.39 is 5.91 Å². The Morgan fingerprint density at radius 1 is 0.947 bits per heavy atom. The van der Waals surface area contributed by atoms with Crippen LogP contribution in [0.3, 0.4) is 0 Å². The van der Waals surface area contributed by atoms with E-state index in [1.807, 2.05) is 60.0 Å². The number of aromatic nitrogens is 1. The van der Waals surface area contributed by atoms with Crippen molar-refractivity contribution in [1.82, 2.24) is 4.98 Å². The largest absolute Gasteiger partial charge is 0.497 e. The molecule has 192 valence electrons. The van der Waals surface area contributed by atoms with Crippen LogP contribution < -0.4 is 24.3 Å². The minimum absolute atomic E-state index is 0.0659. The number of amides is 1. The van der Waals surface area contributed by atoms with Gasteiger partial charge in [-0.2, -0.15) is 5.26 Å². The number of nitriles is 1. The topological polar surface area (TPSA) is 103 Å². The lowest BCUT2D eigenvalue weighted by Gasteiger charge is -2.12. The van der Waals surface area contributed by atoms with Crippen LogP contribution in [0.1, 0.15) is 5.56 Å². The SMILES string of the molecule is COc1cccc(OCCOc2ccc(/C=C(/C#N)C(=O)Nc3nc(-c4ccccc4)cs3)cc2OC)c1. The third-order valence-corrected chi connectivity index (χ3v) is 6.07. The Balaban J connectivity index is 1.37. The third kappa shape index (κ3) is 6.90. The smallest absolute Gasteiger partial charge is 0.268 e. The van der Waals surface area contributed by atoms with E-state index in [0.717, 1.165) is 11.3 Å². The van der Waals surface area contributed by atoms with Gasteiger partial charge in [0.25, 0.3) is 5.91 Å². The van der Waals surface area contributed by atoms with Crippen LogP contribution in [0.2, 0.25) is 0 Å². The second-order valence-electron chi connectivity index (χ2n) is 7.81. The second kappa shape index (κ2) is 12.9. The molecule has 8 nitrogen and oxygen atoms in total. The molecule has 0 saturated heterocycles. The molecule has 1 amide bonds. The zero-order valence-electron chi connectivity index (χ0n) is 20.8. The molecule has 0 aliphatic heterocycles. The van der Waals surface area contributed by atoms with Gasteiger partial charge in [0, 0.05) is 17.0 Å². The van der Waals surface area contributed by atoms with E-state index in [1.165, 1.54) is 24.5 Å². The number of nitrogens with one attached hydrogen (secondary N) is 1. The van der Waals surface area contributed by atoms with Gasteiger partial charge in [0.1, 0.15) is 36.4 Å². The molecular formula is C29H25N3O5S. The molecule has 4 rings (SSSR count). The van der Waals surface area contributed by atoms with Gasteiger partial charge in [-0.3, -0.25) is 10.1 Å². The van der Waals surface area contributed by atoms with E-state index in [9.17, 15) is 10.1 Å². The minimum Gasteiger partial charge on any atom is -0.497 e. The Kier molecular flexibility index (Phi) is 8.94. The molecule has 3 aromatic carbocycles. The molecule has 1 N–H and O–H groups in total. The van der Waals surface area contributed by atoms with Gasteiger partial charge in [-0.15, -0.1) is 11.3 Å². The Morgan fingerprint density at radius 3 is 2.50 bits per heavy atom. The van der Waals surface area contributed by atoms with Gasteiger partial charge in [0.2, 0.25) is 0 Å². The van der Waals surface area contributed by atoms with Gasteiger partial charge in [-0.05, 0) is 35.9 Å². The summed E-state index contributed by atoms with van der Waals surface area (Å²) in [6, 6.07) is 24.1. The quantitative estimate of drug-likeness (QED) is 0.149. The maximum Gasteiger partial charge on any atom is 0.268 e. The number of hydrogen-bond acceptors (Lipinski definition) is 8. The lowest BCUT2D eigenvalue weighted by Crippen LogP contribution is -2.13. The predicted octanol–water partition coefficient (Wildman–Crippen LogP) is 5.83. The number of thiazole rings is 1. The molecule has 0 spiro atoms. The van der Waals surface area contributed by atoms with Crippen LogP contribution in [0.15, 0.2) is 83.7 Å². The molecule has 9 heteroatoms. The summed E-state index contributed by atoms with van der Waals surface area (Å²) < 4.78 is 22.1. The molecule has 1 heterocycles. The zero-order valence-corrected chi connectivity index (χ0v) is 21.7. The van der Waals surface area contributed by atoms with Crippen molar-refractivity contribution in [3.05, 3.63) is 89.3 Å². The Morgan fingerprint density at radius 2 is 1.74 bits per heavy atom. The van der Waals surface area contributed by atoms with Gasteiger partial charge < -0.3 is 18.9 Å². The van der Waals surface area contributed by atoms with Crippen LogP contribution in [0.4, 0.5) is 5.13 Å². The van der Waals surface area contributed by atoms with Crippen molar-refractivity contribution in [3.63, 3.8) is 0 Å². The fraction of sp³-hybridized carbons (Fsp3) is 0.138. The van der Waals surface area contributed by atoms with Gasteiger partial charge in [-0.25, -0.2) is 4.98 Å². The van der Waals surface area contributed by atoms with E-state index in [2.05, 4.69) is 10.3 Å². The average Bonchev–Trinajstić information content (AvgIpc) is 3.43. The van der Waals surface area contributed by atoms with Crippen molar-refractivity contribution in [2.45, 2.75) is 0 Å². The first-order valence-electron chi connectivity index (χ1n) is 11.6. The summed E-state index contributed by atoms with van der Waals surface area (Å²) in [5, 5.41) is 14.6. The number of carbonyl (C=O) groups is 1. The molecule has 0 aliphatic rings. The van der Waals surface area contributed by atoms with E-state index >= 15 is 0 Å². The lowest BCUT2D eigenvalue weighted by molar-refractivity contribution is -0.112. The van der Waals surface area contributed by atoms with E-state index in [-0.39, 0.29) is 12.2 Å². The first kappa shape index (κ1) is 26.3. The van der Waals surface area contributed by atoms with Crippen LogP contribution in [0.25, 0.3) is 17.3 Å². The van der Waals surface area contributed by atoms with Crippen molar-refractivity contribution in [1.29, 1.82) is 5.26 Å². The van der Waals surface area contributed by atoms with Crippen molar-refractivity contribution in [2.24, 2.45) is 0 Å². The summed E-state index contributed by atoms with van der Waals surface area (Å²) >= 11 is 1.29. The maximum absolute atomic E-state index is 12.7. The number of carbonyl (C=O) groups excluding carboxylic acids is 1. The minimum atomic E-state index is -0.546. The molecule has 38 heavy (non-hydrogen) atoms. The first-order chi connectivity index (χ1) is 18.6. The maximum atomic E-state index is 12.7. The number of benzene rings is 3. The summed E-state index contributed by atoms with van der Waals surface area (Å²) in [6.07, 6.45) is 1.49. The zero-order chi connectivity index (χ0) is 26.7. The van der Waals surface area contributed by atoms with Crippen molar-refractivity contribution >= 4 is 28.5 Å². The molecule has 0 radical (unpaired) electrons. The Hall–Kier alpha value is -4.81. The van der Waals surface area contributed by atoms with E-state index in [4.69, 9.17) is 18.9 Å². The number of rotatable bonds is 11. The van der Waals surface area contributed by atoms with Crippen LogP contribution in [0, 0.1) is 11.3 Å². The van der Waals surface area contributed by atoms with Gasteiger partial charge in [-0.1, -0.05) is 42.5 Å². The van der Waals surface area contributed by atoms with Crippen molar-refractivity contribution < 1.29 is 23.7 Å². The van der Waals surface area contributed by atoms with Crippen LogP contribution in [0.5, 0.6) is 23.0 Å². The first-order valence-corrected chi connectivity index (χ1v) is 12.5. The fourth-order valence-electron chi connectivity index (χ4n) is 3.45. The monoisotopic (exact) mass is 527 g/mol. The predicted molar refractivity (Wildman–Crippen MR) is 147 cm³/mol. The summed E-state index contributed by atoms with van der Waals surface area (Å²) in [7, 11) is 3.12. The highest BCUT2D eigenvalue weighted by molar-refractivity contribution is 7.14. The molecule has 0 unspecified atom stereocenters. The molecule has 0 aliphatic carbocycles. The Bertz CT molecular complexity index is 1460. The fourth-order valence-corrected chi connectivity index (χ4v) is 4.16. The van der Waals surface area contributed by atoms with Crippen LogP contribution >= 0.6 is 11.3 Å². The normalized spacial score (nSPS) is 10.8. The summed E-state index contributed by atoms with van der Waals surface area (Å²) in [4.78, 5) is 17.2. The standard InChI is InChI=1S/C29H25N3O5S/c1-34-23-9-6-10-24(17-23)36-13-14-37-26-12-11-20(16-27(26)35-2)15-22(18-30)28(33)32-29-31-25(19-38-29)21-7-4-3-5-8-21/h3-12,15-17,19H,13-14H2,1-2H3,(H,31,32,33)/b22-15-. The van der Waals surface area contributed by atoms with E-state index in [0.29, 0.717) is 40.3 Å². The number of methoxy groups -OCH3 is 2. The second-order valence-corrected chi connectivity index (χ2v) is 8.67. The lowest BCUT2D eigenvalue weighted by atomic mass is 10.1.